The first-order valence-corrected chi connectivity index (χ1v) is 13.9. The van der Waals surface area contributed by atoms with Gasteiger partial charge < -0.3 is 25.3 Å². The second-order valence-electron chi connectivity index (χ2n) is 9.53. The van der Waals surface area contributed by atoms with Crippen LogP contribution in [-0.2, 0) is 9.53 Å². The van der Waals surface area contributed by atoms with Gasteiger partial charge in [0, 0.05) is 69.2 Å². The van der Waals surface area contributed by atoms with Crippen LogP contribution in [0.3, 0.4) is 0 Å². The third-order valence-corrected chi connectivity index (χ3v) is 7.75. The van der Waals surface area contributed by atoms with Gasteiger partial charge in [-0.1, -0.05) is 17.7 Å². The number of hydrogen-bond donors (Lipinski definition) is 3. The van der Waals surface area contributed by atoms with E-state index < -0.39 is 5.97 Å². The monoisotopic (exact) mass is 539 g/mol. The average molecular weight is 540 g/mol. The molecule has 2 aliphatic rings. The molecule has 3 N–H and O–H groups in total. The number of carbonyl (C=O) groups excluding carboxylic acids is 2. The van der Waals surface area contributed by atoms with E-state index in [-0.39, 0.29) is 11.3 Å². The number of aromatic nitrogens is 2. The van der Waals surface area contributed by atoms with Crippen LogP contribution in [0, 0.1) is 0 Å². The molecule has 1 saturated heterocycles. The number of methoxy groups -OCH3 is 1. The van der Waals surface area contributed by atoms with Crippen molar-refractivity contribution in [3.63, 3.8) is 0 Å². The van der Waals surface area contributed by atoms with Crippen LogP contribution in [0.2, 0.25) is 0 Å². The minimum Gasteiger partial charge on any atom is -0.464 e. The number of amides is 1. The number of carbonyl (C=O) groups is 2. The molecule has 204 valence electrons. The number of piperazine rings is 1. The Morgan fingerprint density at radius 3 is 2.76 bits per heavy atom. The highest BCUT2D eigenvalue weighted by Crippen LogP contribution is 2.21. The van der Waals surface area contributed by atoms with E-state index in [1.165, 1.54) is 12.7 Å². The van der Waals surface area contributed by atoms with E-state index in [1.54, 1.807) is 37.3 Å². The van der Waals surface area contributed by atoms with Gasteiger partial charge in [0.1, 0.15) is 16.7 Å². The van der Waals surface area contributed by atoms with Crippen molar-refractivity contribution in [3.8, 4) is 0 Å². The third-order valence-electron chi connectivity index (χ3n) is 6.71. The van der Waals surface area contributed by atoms with Crippen LogP contribution in [0.25, 0.3) is 11.0 Å². The third kappa shape index (κ3) is 7.68. The van der Waals surface area contributed by atoms with Gasteiger partial charge in [0.15, 0.2) is 0 Å². The van der Waals surface area contributed by atoms with Crippen molar-refractivity contribution in [2.75, 3.05) is 71.5 Å². The van der Waals surface area contributed by atoms with Crippen LogP contribution < -0.4 is 10.6 Å². The molecule has 11 heteroatoms. The molecule has 1 unspecified atom stereocenters. The van der Waals surface area contributed by atoms with Gasteiger partial charge in [0.25, 0.3) is 0 Å². The van der Waals surface area contributed by atoms with Crippen molar-refractivity contribution in [2.45, 2.75) is 18.2 Å². The molecule has 1 atom stereocenters. The number of anilines is 1. The number of likely N-dealkylation sites (N-methyl/N-ethyl adjacent to an activating group) is 1. The molecule has 10 nitrogen and oxygen atoms in total. The number of hydrogen-bond acceptors (Lipinski definition) is 9. The van der Waals surface area contributed by atoms with Gasteiger partial charge in [-0.2, -0.15) is 0 Å². The quantitative estimate of drug-likeness (QED) is 0.173. The Bertz CT molecular complexity index is 1210. The standard InChI is InChI=1S/C27H37N7O3S/c1-28-17-24(32-26(35)20-6-4-19(5-7-20)18-34-11-9-33(2)10-12-34)38-13-8-29-22-14-21-15-23(27(36)37-3)31-25(21)30-16-22/h4,6,14-17,24,29H,5,7-13,18H2,1-3H3,(H,30,31)(H,32,35). The summed E-state index contributed by atoms with van der Waals surface area (Å²) in [6.07, 6.45) is 9.28. The zero-order valence-electron chi connectivity index (χ0n) is 22.3. The predicted octanol–water partition coefficient (Wildman–Crippen LogP) is 2.53. The summed E-state index contributed by atoms with van der Waals surface area (Å²) < 4.78 is 4.75. The van der Waals surface area contributed by atoms with E-state index in [9.17, 15) is 9.59 Å². The number of aromatic amines is 1. The molecule has 1 aliphatic heterocycles. The Kier molecular flexibility index (Phi) is 9.97. The van der Waals surface area contributed by atoms with E-state index in [0.717, 1.165) is 68.0 Å². The van der Waals surface area contributed by atoms with E-state index in [0.29, 0.717) is 17.9 Å². The van der Waals surface area contributed by atoms with Crippen molar-refractivity contribution in [1.29, 1.82) is 0 Å². The van der Waals surface area contributed by atoms with Crippen LogP contribution in [-0.4, -0.2) is 109 Å². The number of ether oxygens (including phenoxy) is 1. The number of rotatable bonds is 11. The zero-order chi connectivity index (χ0) is 26.9. The Balaban J connectivity index is 1.23. The highest BCUT2D eigenvalue weighted by Gasteiger charge is 2.19. The van der Waals surface area contributed by atoms with E-state index >= 15 is 0 Å². The van der Waals surface area contributed by atoms with Crippen molar-refractivity contribution in [1.82, 2.24) is 25.1 Å². The number of esters is 1. The first kappa shape index (κ1) is 27.9. The van der Waals surface area contributed by atoms with Gasteiger partial charge >= 0.3 is 5.97 Å². The van der Waals surface area contributed by atoms with Crippen LogP contribution in [0.15, 0.2) is 46.6 Å². The summed E-state index contributed by atoms with van der Waals surface area (Å²) in [6, 6.07) is 3.66. The lowest BCUT2D eigenvalue weighted by Gasteiger charge is -2.33. The summed E-state index contributed by atoms with van der Waals surface area (Å²) in [6.45, 7) is 6.09. The summed E-state index contributed by atoms with van der Waals surface area (Å²) in [4.78, 5) is 40.9. The van der Waals surface area contributed by atoms with Crippen molar-refractivity contribution in [3.05, 3.63) is 47.3 Å². The van der Waals surface area contributed by atoms with E-state index in [2.05, 4.69) is 48.5 Å². The second kappa shape index (κ2) is 13.6. The van der Waals surface area contributed by atoms with Crippen LogP contribution in [0.1, 0.15) is 23.3 Å². The minimum atomic E-state index is -0.425. The number of allylic oxidation sites excluding steroid dienone is 2. The number of pyridine rings is 1. The maximum atomic E-state index is 12.9. The fraction of sp³-hybridized carbons (Fsp3) is 0.481. The molecule has 2 aromatic rings. The van der Waals surface area contributed by atoms with Crippen LogP contribution in [0.5, 0.6) is 0 Å². The van der Waals surface area contributed by atoms with Gasteiger partial charge in [-0.3, -0.25) is 14.7 Å². The fourth-order valence-corrected chi connectivity index (χ4v) is 5.36. The summed E-state index contributed by atoms with van der Waals surface area (Å²) in [5.74, 6) is 0.295. The molecule has 0 bridgehead atoms. The first-order chi connectivity index (χ1) is 18.4. The molecule has 1 aliphatic carbocycles. The van der Waals surface area contributed by atoms with E-state index in [1.807, 2.05) is 12.1 Å². The largest absolute Gasteiger partial charge is 0.464 e. The molecule has 0 saturated carbocycles. The molecular formula is C27H37N7O3S. The number of H-pyrrole nitrogens is 1. The van der Waals surface area contributed by atoms with Crippen LogP contribution >= 0.6 is 11.8 Å². The van der Waals surface area contributed by atoms with Gasteiger partial charge in [-0.15, -0.1) is 11.8 Å². The number of thioether (sulfide) groups is 1. The highest BCUT2D eigenvalue weighted by molar-refractivity contribution is 8.00. The molecule has 1 fully saturated rings. The normalized spacial score (nSPS) is 17.8. The average Bonchev–Trinajstić information content (AvgIpc) is 3.36. The van der Waals surface area contributed by atoms with Crippen molar-refractivity contribution in [2.24, 2.45) is 4.99 Å². The molecule has 4 rings (SSSR count). The lowest BCUT2D eigenvalue weighted by Crippen LogP contribution is -2.45. The fourth-order valence-electron chi connectivity index (χ4n) is 4.49. The topological polar surface area (TPSA) is 115 Å². The van der Waals surface area contributed by atoms with Gasteiger partial charge in [-0.25, -0.2) is 9.78 Å². The molecule has 0 spiro atoms. The molecule has 0 radical (unpaired) electrons. The molecule has 2 aromatic heterocycles. The Hall–Kier alpha value is -3.15. The lowest BCUT2D eigenvalue weighted by molar-refractivity contribution is -0.117. The van der Waals surface area contributed by atoms with E-state index in [4.69, 9.17) is 4.74 Å². The molecule has 1 amide bonds. The van der Waals surface area contributed by atoms with Crippen molar-refractivity contribution < 1.29 is 14.3 Å². The number of fused-ring (bicyclic) bond motifs is 1. The Labute approximate surface area is 228 Å². The van der Waals surface area contributed by atoms with Gasteiger partial charge in [0.2, 0.25) is 5.91 Å². The zero-order valence-corrected chi connectivity index (χ0v) is 23.1. The number of nitrogens with zero attached hydrogens (tertiary/aromatic N) is 4. The minimum absolute atomic E-state index is 0.0335. The maximum absolute atomic E-state index is 12.9. The maximum Gasteiger partial charge on any atom is 0.354 e. The number of nitrogens with one attached hydrogen (secondary N) is 3. The molecule has 0 aromatic carbocycles. The summed E-state index contributed by atoms with van der Waals surface area (Å²) in [5.41, 5.74) is 4.06. The Morgan fingerprint density at radius 1 is 1.24 bits per heavy atom. The highest BCUT2D eigenvalue weighted by atomic mass is 32.2. The Morgan fingerprint density at radius 2 is 2.05 bits per heavy atom. The molecule has 3 heterocycles. The lowest BCUT2D eigenvalue weighted by atomic mass is 9.97. The summed E-state index contributed by atoms with van der Waals surface area (Å²) in [5, 5.41) is 7.07. The van der Waals surface area contributed by atoms with Gasteiger partial charge in [-0.05, 0) is 32.0 Å². The van der Waals surface area contributed by atoms with Crippen molar-refractivity contribution >= 4 is 46.6 Å². The smallest absolute Gasteiger partial charge is 0.354 e. The number of aliphatic imine (C=N–C) groups is 1. The SMILES string of the molecule is CN=CC(NC(=O)C1=CC=C(CN2CCN(C)CC2)CC1)SCCNc1cnc2[nH]c(C(=O)OC)cc2c1. The van der Waals surface area contributed by atoms with Gasteiger partial charge in [0.05, 0.1) is 19.0 Å². The predicted molar refractivity (Wildman–Crippen MR) is 154 cm³/mol. The summed E-state index contributed by atoms with van der Waals surface area (Å²) >= 11 is 1.61. The molecule has 38 heavy (non-hydrogen) atoms. The second-order valence-corrected chi connectivity index (χ2v) is 10.8. The molecular weight excluding hydrogens is 502 g/mol. The summed E-state index contributed by atoms with van der Waals surface area (Å²) in [7, 11) is 5.23. The first-order valence-electron chi connectivity index (χ1n) is 12.9. The van der Waals surface area contributed by atoms with Crippen LogP contribution in [0.4, 0.5) is 5.69 Å².